The van der Waals surface area contributed by atoms with E-state index in [1.807, 2.05) is 83.3 Å². The Labute approximate surface area is 310 Å². The molecule has 0 fully saturated rings. The van der Waals surface area contributed by atoms with Crippen molar-refractivity contribution in [2.24, 2.45) is 0 Å². The minimum atomic E-state index is -0.859. The van der Waals surface area contributed by atoms with Crippen molar-refractivity contribution in [3.63, 3.8) is 0 Å². The van der Waals surface area contributed by atoms with Gasteiger partial charge in [0.05, 0.1) is 12.5 Å². The molecular weight excluding hydrogens is 681 g/mol. The summed E-state index contributed by atoms with van der Waals surface area (Å²) in [6, 6.07) is 42.0. The fourth-order valence-electron chi connectivity index (χ4n) is 7.34. The van der Waals surface area contributed by atoms with E-state index >= 15 is 0 Å². The maximum absolute atomic E-state index is 12.7. The van der Waals surface area contributed by atoms with Crippen LogP contribution in [0.5, 0.6) is 0 Å². The number of benzene rings is 5. The largest absolute Gasteiger partial charge is 0.457 e. The van der Waals surface area contributed by atoms with Gasteiger partial charge in [-0.15, -0.1) is 22.7 Å². The molecular formula is C46H36O4S2. The second-order valence-corrected chi connectivity index (χ2v) is 15.7. The average Bonchev–Trinajstić information content (AvgIpc) is 3.78. The Morgan fingerprint density at radius 2 is 1.19 bits per heavy atom. The van der Waals surface area contributed by atoms with Crippen LogP contribution in [0.4, 0.5) is 0 Å². The highest BCUT2D eigenvalue weighted by molar-refractivity contribution is 7.23. The molecule has 1 N–H and O–H groups in total. The number of esters is 1. The number of rotatable bonds is 9. The zero-order valence-electron chi connectivity index (χ0n) is 28.4. The second-order valence-electron chi connectivity index (χ2n) is 13.5. The van der Waals surface area contributed by atoms with Gasteiger partial charge in [-0.25, -0.2) is 0 Å². The van der Waals surface area contributed by atoms with E-state index in [1.165, 1.54) is 41.1 Å². The van der Waals surface area contributed by atoms with Crippen LogP contribution in [-0.2, 0) is 27.1 Å². The van der Waals surface area contributed by atoms with Gasteiger partial charge in [0.25, 0.3) is 0 Å². The number of aliphatic hydroxyl groups excluding tert-OH is 1. The van der Waals surface area contributed by atoms with E-state index in [1.54, 1.807) is 0 Å². The molecule has 3 atom stereocenters. The van der Waals surface area contributed by atoms with Crippen molar-refractivity contribution in [1.29, 1.82) is 0 Å². The molecule has 6 heteroatoms. The zero-order valence-corrected chi connectivity index (χ0v) is 30.0. The van der Waals surface area contributed by atoms with Crippen LogP contribution in [0.2, 0.25) is 0 Å². The van der Waals surface area contributed by atoms with Gasteiger partial charge in [0.2, 0.25) is 0 Å². The van der Waals surface area contributed by atoms with Crippen LogP contribution in [0.3, 0.4) is 0 Å². The third-order valence-electron chi connectivity index (χ3n) is 9.93. The molecule has 0 aliphatic heterocycles. The first-order valence-electron chi connectivity index (χ1n) is 17.7. The summed E-state index contributed by atoms with van der Waals surface area (Å²) in [4.78, 5) is 15.2. The van der Waals surface area contributed by atoms with Crippen molar-refractivity contribution in [3.05, 3.63) is 167 Å². The van der Waals surface area contributed by atoms with Crippen LogP contribution in [0.15, 0.2) is 133 Å². The number of hydrogen-bond donors (Lipinski definition) is 1. The Hall–Kier alpha value is -5.11. The smallest absolute Gasteiger partial charge is 0.310 e. The van der Waals surface area contributed by atoms with E-state index in [-0.39, 0.29) is 24.6 Å². The van der Waals surface area contributed by atoms with Crippen molar-refractivity contribution in [1.82, 2.24) is 0 Å². The first-order valence-corrected chi connectivity index (χ1v) is 19.4. The molecule has 2 heterocycles. The van der Waals surface area contributed by atoms with Gasteiger partial charge in [0, 0.05) is 37.6 Å². The van der Waals surface area contributed by atoms with Gasteiger partial charge < -0.3 is 14.6 Å². The molecule has 0 amide bonds. The second kappa shape index (κ2) is 14.1. The molecule has 52 heavy (non-hydrogen) atoms. The summed E-state index contributed by atoms with van der Waals surface area (Å²) in [6.45, 7) is 0. The van der Waals surface area contributed by atoms with Crippen molar-refractivity contribution in [3.8, 4) is 20.9 Å². The molecule has 0 bridgehead atoms. The lowest BCUT2D eigenvalue weighted by molar-refractivity contribution is -0.148. The van der Waals surface area contributed by atoms with E-state index in [0.717, 1.165) is 39.8 Å². The van der Waals surface area contributed by atoms with E-state index in [4.69, 9.17) is 9.47 Å². The highest BCUT2D eigenvalue weighted by Gasteiger charge is 2.24. The van der Waals surface area contributed by atoms with Crippen LogP contribution in [0.25, 0.3) is 53.2 Å². The maximum Gasteiger partial charge on any atom is 0.310 e. The summed E-state index contributed by atoms with van der Waals surface area (Å²) >= 11 is 3.63. The summed E-state index contributed by atoms with van der Waals surface area (Å²) in [7, 11) is 0. The molecule has 9 rings (SSSR count). The molecule has 0 saturated carbocycles. The summed E-state index contributed by atoms with van der Waals surface area (Å²) in [5.74, 6) is -0.202. The number of thiophene rings is 2. The van der Waals surface area contributed by atoms with Crippen molar-refractivity contribution < 1.29 is 19.4 Å². The summed E-state index contributed by atoms with van der Waals surface area (Å²) < 4.78 is 14.6. The minimum absolute atomic E-state index is 0.175. The van der Waals surface area contributed by atoms with Crippen LogP contribution in [0.1, 0.15) is 58.4 Å². The fourth-order valence-corrected chi connectivity index (χ4v) is 9.51. The van der Waals surface area contributed by atoms with Crippen LogP contribution in [-0.4, -0.2) is 17.4 Å². The average molecular weight is 717 g/mol. The maximum atomic E-state index is 12.7. The molecule has 256 valence electrons. The Morgan fingerprint density at radius 3 is 1.79 bits per heavy atom. The first-order chi connectivity index (χ1) is 25.5. The monoisotopic (exact) mass is 716 g/mol. The minimum Gasteiger partial charge on any atom is -0.457 e. The van der Waals surface area contributed by atoms with E-state index in [0.29, 0.717) is 12.8 Å². The molecule has 0 saturated heterocycles. The van der Waals surface area contributed by atoms with Gasteiger partial charge in [0.15, 0.2) is 6.29 Å². The topological polar surface area (TPSA) is 55.8 Å². The number of fused-ring (bicyclic) bond motifs is 4. The Balaban J connectivity index is 0.916. The van der Waals surface area contributed by atoms with E-state index in [2.05, 4.69) is 85.0 Å². The Morgan fingerprint density at radius 1 is 0.654 bits per heavy atom. The van der Waals surface area contributed by atoms with Gasteiger partial charge in [-0.3, -0.25) is 4.79 Å². The predicted octanol–water partition coefficient (Wildman–Crippen LogP) is 11.7. The number of ether oxygens (including phenoxy) is 2. The SMILES string of the molecule is O=C(Cc1ccccc1)OC1CC=Cc2cc(-c3cc4cc5sc(-c6ccc7c(c6)C=CCC7OC(O)Cc6ccccc6)cc5cc4s3)ccc21. The van der Waals surface area contributed by atoms with Crippen LogP contribution < -0.4 is 0 Å². The van der Waals surface area contributed by atoms with E-state index < -0.39 is 6.29 Å². The Kier molecular flexibility index (Phi) is 8.91. The fraction of sp³-hybridized carbons (Fsp3) is 0.152. The van der Waals surface area contributed by atoms with Crippen molar-refractivity contribution >= 4 is 61.0 Å². The quantitative estimate of drug-likeness (QED) is 0.119. The van der Waals surface area contributed by atoms with Crippen LogP contribution in [0, 0.1) is 0 Å². The van der Waals surface area contributed by atoms with Crippen molar-refractivity contribution in [2.75, 3.05) is 0 Å². The molecule has 2 aliphatic carbocycles. The van der Waals surface area contributed by atoms with Gasteiger partial charge in [-0.1, -0.05) is 109 Å². The van der Waals surface area contributed by atoms with Gasteiger partial charge in [-0.05, 0) is 92.5 Å². The molecule has 0 radical (unpaired) electrons. The zero-order chi connectivity index (χ0) is 35.0. The summed E-state index contributed by atoms with van der Waals surface area (Å²) in [5, 5.41) is 13.2. The van der Waals surface area contributed by atoms with Gasteiger partial charge in [0.1, 0.15) is 6.10 Å². The third-order valence-corrected chi connectivity index (χ3v) is 12.2. The highest BCUT2D eigenvalue weighted by atomic mass is 32.1. The molecule has 5 aromatic carbocycles. The summed E-state index contributed by atoms with van der Waals surface area (Å²) in [5.41, 5.74) is 8.79. The van der Waals surface area contributed by atoms with Crippen LogP contribution >= 0.6 is 22.7 Å². The lowest BCUT2D eigenvalue weighted by atomic mass is 9.92. The number of carbonyl (C=O) groups is 1. The predicted molar refractivity (Wildman–Crippen MR) is 214 cm³/mol. The normalized spacial score (nSPS) is 16.9. The lowest BCUT2D eigenvalue weighted by Crippen LogP contribution is -2.20. The number of carbonyl (C=O) groups excluding carboxylic acids is 1. The van der Waals surface area contributed by atoms with Gasteiger partial charge in [-0.2, -0.15) is 0 Å². The molecule has 2 aromatic heterocycles. The molecule has 3 unspecified atom stereocenters. The number of hydrogen-bond acceptors (Lipinski definition) is 6. The highest BCUT2D eigenvalue weighted by Crippen LogP contribution is 2.43. The standard InChI is InChI=1S/C46H36O4S2/c47-45(21-29-9-3-1-4-10-29)49-39-15-7-13-31-23-33(17-19-37(31)39)41-25-35-27-44-36(28-43(35)51-41)26-42(52-44)34-18-20-38-32(24-34)14-8-16-40(38)50-46(48)22-30-11-5-2-6-12-30/h1-14,17-20,23-28,39-40,45,47H,15-16,21-22H2. The van der Waals surface area contributed by atoms with Gasteiger partial charge >= 0.3 is 5.97 Å². The third kappa shape index (κ3) is 6.79. The molecule has 0 spiro atoms. The lowest BCUT2D eigenvalue weighted by Gasteiger charge is -2.25. The van der Waals surface area contributed by atoms with E-state index in [9.17, 15) is 9.90 Å². The Bertz CT molecular complexity index is 2420. The summed E-state index contributed by atoms with van der Waals surface area (Å²) in [6.07, 6.45) is 9.42. The first kappa shape index (κ1) is 32.8. The molecule has 2 aliphatic rings. The van der Waals surface area contributed by atoms with Crippen molar-refractivity contribution in [2.45, 2.75) is 44.2 Å². The molecule has 7 aromatic rings. The number of aliphatic hydroxyl groups is 1. The molecule has 4 nitrogen and oxygen atoms in total.